The summed E-state index contributed by atoms with van der Waals surface area (Å²) in [5.41, 5.74) is 0.935. The first-order chi connectivity index (χ1) is 11.6. The molecule has 6 nitrogen and oxygen atoms in total. The minimum Gasteiger partial charge on any atom is -0.496 e. The number of likely N-dealkylation sites (tertiary alicyclic amines) is 1. The second kappa shape index (κ2) is 7.00. The van der Waals surface area contributed by atoms with Crippen molar-refractivity contribution in [3.63, 3.8) is 0 Å². The number of amides is 2. The summed E-state index contributed by atoms with van der Waals surface area (Å²) in [5.74, 6) is 0.226. The van der Waals surface area contributed by atoms with Crippen LogP contribution in [0.3, 0.4) is 0 Å². The van der Waals surface area contributed by atoms with E-state index in [-0.39, 0.29) is 24.2 Å². The number of benzene rings is 1. The molecule has 1 fully saturated rings. The fraction of sp³-hybridized carbons (Fsp3) is 0.353. The van der Waals surface area contributed by atoms with Crippen LogP contribution in [0.5, 0.6) is 5.75 Å². The van der Waals surface area contributed by atoms with Crippen LogP contribution in [0.15, 0.2) is 30.5 Å². The van der Waals surface area contributed by atoms with Crippen LogP contribution in [0.4, 0.5) is 5.13 Å². The zero-order valence-corrected chi connectivity index (χ0v) is 14.4. The Balaban J connectivity index is 1.64. The molecule has 3 rings (SSSR count). The van der Waals surface area contributed by atoms with Gasteiger partial charge in [0, 0.05) is 36.1 Å². The summed E-state index contributed by atoms with van der Waals surface area (Å²) < 4.78 is 5.32. The summed E-state index contributed by atoms with van der Waals surface area (Å²) >= 11 is 1.43. The Labute approximate surface area is 144 Å². The lowest BCUT2D eigenvalue weighted by Crippen LogP contribution is -2.28. The molecule has 0 radical (unpaired) electrons. The lowest BCUT2D eigenvalue weighted by Gasteiger charge is -2.18. The van der Waals surface area contributed by atoms with E-state index in [0.717, 1.165) is 16.2 Å². The lowest BCUT2D eigenvalue weighted by molar-refractivity contribution is -0.128. The first-order valence-corrected chi connectivity index (χ1v) is 8.51. The normalized spacial score (nSPS) is 17.2. The van der Waals surface area contributed by atoms with Gasteiger partial charge in [-0.1, -0.05) is 18.2 Å². The van der Waals surface area contributed by atoms with E-state index in [0.29, 0.717) is 18.2 Å². The van der Waals surface area contributed by atoms with Crippen molar-refractivity contribution >= 4 is 28.3 Å². The number of carbonyl (C=O) groups is 2. The Morgan fingerprint density at radius 3 is 2.96 bits per heavy atom. The van der Waals surface area contributed by atoms with Crippen LogP contribution in [-0.2, 0) is 16.1 Å². The average molecular weight is 345 g/mol. The van der Waals surface area contributed by atoms with E-state index in [1.165, 1.54) is 11.3 Å². The number of rotatable bonds is 5. The molecule has 1 N–H and O–H groups in total. The molecule has 1 aromatic carbocycles. The molecule has 126 valence electrons. The highest BCUT2D eigenvalue weighted by molar-refractivity contribution is 7.15. The third kappa shape index (κ3) is 3.56. The van der Waals surface area contributed by atoms with Crippen molar-refractivity contribution in [3.05, 3.63) is 40.9 Å². The van der Waals surface area contributed by atoms with Crippen molar-refractivity contribution in [2.75, 3.05) is 19.0 Å². The maximum absolute atomic E-state index is 12.3. The number of hydrogen-bond acceptors (Lipinski definition) is 5. The van der Waals surface area contributed by atoms with Gasteiger partial charge in [0.05, 0.1) is 13.0 Å². The number of para-hydroxylation sites is 1. The zero-order chi connectivity index (χ0) is 17.1. The standard InChI is InChI=1S/C17H19N3O3S/c1-11-8-18-17(24-11)19-16(22)13-7-15(21)20(10-13)9-12-5-3-4-6-14(12)23-2/h3-6,8,13H,7,9-10H2,1-2H3,(H,18,19,22). The number of anilines is 1. The molecule has 24 heavy (non-hydrogen) atoms. The Hall–Kier alpha value is -2.41. The molecule has 1 unspecified atom stereocenters. The molecule has 2 amide bonds. The molecule has 7 heteroatoms. The fourth-order valence-corrected chi connectivity index (χ4v) is 3.43. The van der Waals surface area contributed by atoms with Crippen molar-refractivity contribution in [3.8, 4) is 5.75 Å². The molecule has 1 aliphatic heterocycles. The van der Waals surface area contributed by atoms with E-state index in [4.69, 9.17) is 4.74 Å². The molecular formula is C17H19N3O3S. The Morgan fingerprint density at radius 1 is 1.46 bits per heavy atom. The maximum Gasteiger partial charge on any atom is 0.231 e. The molecule has 0 aliphatic carbocycles. The molecule has 1 atom stereocenters. The van der Waals surface area contributed by atoms with Gasteiger partial charge in [0.2, 0.25) is 11.8 Å². The van der Waals surface area contributed by atoms with Crippen molar-refractivity contribution < 1.29 is 14.3 Å². The highest BCUT2D eigenvalue weighted by atomic mass is 32.1. The van der Waals surface area contributed by atoms with Gasteiger partial charge in [0.1, 0.15) is 5.75 Å². The number of aryl methyl sites for hydroxylation is 1. The molecule has 0 spiro atoms. The molecule has 0 bridgehead atoms. The number of hydrogen-bond donors (Lipinski definition) is 1. The first kappa shape index (κ1) is 16.4. The Kier molecular flexibility index (Phi) is 4.80. The lowest BCUT2D eigenvalue weighted by atomic mass is 10.1. The van der Waals surface area contributed by atoms with E-state index in [9.17, 15) is 9.59 Å². The van der Waals surface area contributed by atoms with E-state index < -0.39 is 0 Å². The molecule has 0 saturated carbocycles. The number of aromatic nitrogens is 1. The summed E-state index contributed by atoms with van der Waals surface area (Å²) in [5, 5.41) is 3.37. The number of thiazole rings is 1. The third-order valence-corrected chi connectivity index (χ3v) is 4.82. The van der Waals surface area contributed by atoms with Crippen molar-refractivity contribution in [2.45, 2.75) is 19.9 Å². The largest absolute Gasteiger partial charge is 0.496 e. The second-order valence-electron chi connectivity index (χ2n) is 5.75. The van der Waals surface area contributed by atoms with E-state index in [1.807, 2.05) is 31.2 Å². The smallest absolute Gasteiger partial charge is 0.231 e. The SMILES string of the molecule is COc1ccccc1CN1CC(C(=O)Nc2ncc(C)s2)CC1=O. The molecule has 2 heterocycles. The van der Waals surface area contributed by atoms with Crippen molar-refractivity contribution in [2.24, 2.45) is 5.92 Å². The monoisotopic (exact) mass is 345 g/mol. The summed E-state index contributed by atoms with van der Waals surface area (Å²) in [7, 11) is 1.61. The van der Waals surface area contributed by atoms with Gasteiger partial charge in [-0.3, -0.25) is 9.59 Å². The van der Waals surface area contributed by atoms with Crippen LogP contribution in [0.25, 0.3) is 0 Å². The van der Waals surface area contributed by atoms with Crippen molar-refractivity contribution in [1.82, 2.24) is 9.88 Å². The van der Waals surface area contributed by atoms with Gasteiger partial charge in [0.25, 0.3) is 0 Å². The Bertz CT molecular complexity index is 759. The quantitative estimate of drug-likeness (QED) is 0.903. The van der Waals surface area contributed by atoms with Gasteiger partial charge in [-0.2, -0.15) is 0 Å². The van der Waals surface area contributed by atoms with Crippen LogP contribution >= 0.6 is 11.3 Å². The van der Waals surface area contributed by atoms with Gasteiger partial charge >= 0.3 is 0 Å². The minimum absolute atomic E-state index is 0.0172. The molecule has 2 aromatic rings. The summed E-state index contributed by atoms with van der Waals surface area (Å²) in [6.07, 6.45) is 1.94. The van der Waals surface area contributed by atoms with Crippen molar-refractivity contribution in [1.29, 1.82) is 0 Å². The number of nitrogens with zero attached hydrogens (tertiary/aromatic N) is 2. The molecule has 1 saturated heterocycles. The Morgan fingerprint density at radius 2 is 2.25 bits per heavy atom. The van der Waals surface area contributed by atoms with Gasteiger partial charge in [0.15, 0.2) is 5.13 Å². The number of nitrogens with one attached hydrogen (secondary N) is 1. The van der Waals surface area contributed by atoms with E-state index >= 15 is 0 Å². The number of ether oxygens (including phenoxy) is 1. The van der Waals surface area contributed by atoms with Gasteiger partial charge in [-0.25, -0.2) is 4.98 Å². The van der Waals surface area contributed by atoms with Crippen LogP contribution < -0.4 is 10.1 Å². The highest BCUT2D eigenvalue weighted by Gasteiger charge is 2.34. The van der Waals surface area contributed by atoms with Crippen LogP contribution in [-0.4, -0.2) is 35.4 Å². The predicted octanol–water partition coefficient (Wildman–Crippen LogP) is 2.45. The minimum atomic E-state index is -0.351. The van der Waals surface area contributed by atoms with E-state index in [2.05, 4.69) is 10.3 Å². The van der Waals surface area contributed by atoms with Crippen LogP contribution in [0, 0.1) is 12.8 Å². The van der Waals surface area contributed by atoms with Gasteiger partial charge < -0.3 is 15.0 Å². The topological polar surface area (TPSA) is 71.5 Å². The highest BCUT2D eigenvalue weighted by Crippen LogP contribution is 2.26. The first-order valence-electron chi connectivity index (χ1n) is 7.70. The second-order valence-corrected chi connectivity index (χ2v) is 6.99. The van der Waals surface area contributed by atoms with Crippen LogP contribution in [0.2, 0.25) is 0 Å². The van der Waals surface area contributed by atoms with E-state index in [1.54, 1.807) is 18.2 Å². The molecular weight excluding hydrogens is 326 g/mol. The zero-order valence-electron chi connectivity index (χ0n) is 13.6. The average Bonchev–Trinajstić information content (AvgIpc) is 3.14. The van der Waals surface area contributed by atoms with Crippen LogP contribution in [0.1, 0.15) is 16.9 Å². The molecule has 1 aromatic heterocycles. The molecule has 1 aliphatic rings. The van der Waals surface area contributed by atoms with Gasteiger partial charge in [-0.05, 0) is 13.0 Å². The number of methoxy groups -OCH3 is 1. The van der Waals surface area contributed by atoms with Gasteiger partial charge in [-0.15, -0.1) is 11.3 Å². The predicted molar refractivity (Wildman–Crippen MR) is 92.0 cm³/mol. The summed E-state index contributed by atoms with van der Waals surface area (Å²) in [6, 6.07) is 7.59. The summed E-state index contributed by atoms with van der Waals surface area (Å²) in [4.78, 5) is 31.4. The number of carbonyl (C=O) groups excluding carboxylic acids is 2. The summed E-state index contributed by atoms with van der Waals surface area (Å²) in [6.45, 7) is 2.79. The third-order valence-electron chi connectivity index (χ3n) is 3.99. The maximum atomic E-state index is 12.3. The fourth-order valence-electron chi connectivity index (χ4n) is 2.76.